The normalized spacial score (nSPS) is 14.3. The van der Waals surface area contributed by atoms with Crippen LogP contribution < -0.4 is 5.32 Å². The van der Waals surface area contributed by atoms with Gasteiger partial charge in [-0.1, -0.05) is 31.0 Å². The molecule has 1 amide bonds. The molecule has 7 heteroatoms. The molecule has 1 fully saturated rings. The Morgan fingerprint density at radius 3 is 2.82 bits per heavy atom. The zero-order valence-corrected chi connectivity index (χ0v) is 18.6. The van der Waals surface area contributed by atoms with Crippen molar-refractivity contribution in [2.75, 3.05) is 0 Å². The van der Waals surface area contributed by atoms with E-state index in [0.29, 0.717) is 17.8 Å². The third kappa shape index (κ3) is 3.83. The molecule has 3 aromatic heterocycles. The Labute approximate surface area is 195 Å². The van der Waals surface area contributed by atoms with E-state index in [4.69, 9.17) is 4.98 Å². The number of aromatic amines is 1. The van der Waals surface area contributed by atoms with Crippen molar-refractivity contribution in [2.24, 2.45) is 0 Å². The molecule has 0 saturated heterocycles. The fourth-order valence-corrected chi connectivity index (χ4v) is 4.76. The summed E-state index contributed by atoms with van der Waals surface area (Å²) in [6.45, 7) is 0.642. The summed E-state index contributed by atoms with van der Waals surface area (Å²) in [7, 11) is 0. The van der Waals surface area contributed by atoms with Crippen molar-refractivity contribution in [1.82, 2.24) is 25.1 Å². The van der Waals surface area contributed by atoms with Crippen LogP contribution >= 0.6 is 0 Å². The molecule has 1 aliphatic carbocycles. The molecule has 0 unspecified atom stereocenters. The van der Waals surface area contributed by atoms with Gasteiger partial charge in [0.25, 0.3) is 5.91 Å². The number of carbonyl (C=O) groups excluding carboxylic acids is 1. The van der Waals surface area contributed by atoms with E-state index in [1.165, 1.54) is 6.07 Å². The molecule has 2 aromatic carbocycles. The number of amides is 1. The number of nitrogens with zero attached hydrogens (tertiary/aromatic N) is 3. The maximum absolute atomic E-state index is 14.8. The Hall–Kier alpha value is -4.00. The Balaban J connectivity index is 1.24. The van der Waals surface area contributed by atoms with Crippen LogP contribution in [0.3, 0.4) is 0 Å². The summed E-state index contributed by atoms with van der Waals surface area (Å²) in [6.07, 6.45) is 5.94. The lowest BCUT2D eigenvalue weighted by Gasteiger charge is -2.17. The van der Waals surface area contributed by atoms with Gasteiger partial charge in [0.05, 0.1) is 28.8 Å². The van der Waals surface area contributed by atoms with E-state index in [1.54, 1.807) is 18.3 Å². The fourth-order valence-electron chi connectivity index (χ4n) is 4.76. The van der Waals surface area contributed by atoms with Crippen LogP contribution in [0.25, 0.3) is 33.3 Å². The van der Waals surface area contributed by atoms with Crippen molar-refractivity contribution >= 4 is 28.0 Å². The highest BCUT2D eigenvalue weighted by Crippen LogP contribution is 2.25. The summed E-state index contributed by atoms with van der Waals surface area (Å²) in [5.41, 5.74) is 5.22. The number of H-pyrrole nitrogens is 1. The zero-order chi connectivity index (χ0) is 23.1. The van der Waals surface area contributed by atoms with Crippen LogP contribution in [0.15, 0.2) is 66.9 Å². The summed E-state index contributed by atoms with van der Waals surface area (Å²) in [4.78, 5) is 21.6. The lowest BCUT2D eigenvalue weighted by molar-refractivity contribution is 0.0934. The quantitative estimate of drug-likeness (QED) is 0.372. The predicted octanol–water partition coefficient (Wildman–Crippen LogP) is 5.44. The molecule has 170 valence electrons. The number of carbonyl (C=O) groups is 1. The number of hydrogen-bond donors (Lipinski definition) is 2. The van der Waals surface area contributed by atoms with Crippen molar-refractivity contribution in [3.05, 3.63) is 83.8 Å². The number of halogens is 1. The SMILES string of the molecule is O=C(NC1CCCC1)c1ccc(-c2ccc3[nH]n(Cc4ccc5ncccc5c4)c3n2)cc1F. The van der Waals surface area contributed by atoms with Crippen molar-refractivity contribution in [3.8, 4) is 11.3 Å². The van der Waals surface area contributed by atoms with Gasteiger partial charge in [0.2, 0.25) is 0 Å². The maximum atomic E-state index is 14.8. The van der Waals surface area contributed by atoms with Gasteiger partial charge < -0.3 is 5.32 Å². The summed E-state index contributed by atoms with van der Waals surface area (Å²) in [5, 5.41) is 7.34. The highest BCUT2D eigenvalue weighted by atomic mass is 19.1. The summed E-state index contributed by atoms with van der Waals surface area (Å²) < 4.78 is 16.8. The average Bonchev–Trinajstić information content (AvgIpc) is 3.35. The van der Waals surface area contributed by atoms with Crippen LogP contribution in [0, 0.1) is 5.82 Å². The van der Waals surface area contributed by atoms with Gasteiger partial charge in [-0.3, -0.25) is 19.6 Å². The molecule has 0 aliphatic heterocycles. The first-order chi connectivity index (χ1) is 16.6. The first-order valence-electron chi connectivity index (χ1n) is 11.6. The maximum Gasteiger partial charge on any atom is 0.254 e. The van der Waals surface area contributed by atoms with Crippen molar-refractivity contribution < 1.29 is 9.18 Å². The van der Waals surface area contributed by atoms with Crippen LogP contribution in [-0.2, 0) is 6.54 Å². The molecule has 6 rings (SSSR count). The van der Waals surface area contributed by atoms with E-state index in [9.17, 15) is 9.18 Å². The lowest BCUT2D eigenvalue weighted by atomic mass is 10.1. The Morgan fingerprint density at radius 1 is 1.09 bits per heavy atom. The van der Waals surface area contributed by atoms with Crippen LogP contribution in [0.2, 0.25) is 0 Å². The largest absolute Gasteiger partial charge is 0.349 e. The molecule has 0 spiro atoms. The van der Waals surface area contributed by atoms with Crippen LogP contribution in [-0.4, -0.2) is 31.7 Å². The molecule has 2 N–H and O–H groups in total. The minimum Gasteiger partial charge on any atom is -0.349 e. The van der Waals surface area contributed by atoms with Crippen molar-refractivity contribution in [1.29, 1.82) is 0 Å². The van der Waals surface area contributed by atoms with Crippen molar-refractivity contribution in [3.63, 3.8) is 0 Å². The highest BCUT2D eigenvalue weighted by Gasteiger charge is 2.20. The van der Waals surface area contributed by atoms with Gasteiger partial charge in [0.15, 0.2) is 5.65 Å². The Kier molecular flexibility index (Phi) is 5.09. The van der Waals surface area contributed by atoms with Gasteiger partial charge in [0, 0.05) is 23.2 Å². The van der Waals surface area contributed by atoms with E-state index >= 15 is 0 Å². The van der Waals surface area contributed by atoms with Gasteiger partial charge >= 0.3 is 0 Å². The molecule has 1 saturated carbocycles. The number of rotatable bonds is 5. The first-order valence-corrected chi connectivity index (χ1v) is 11.6. The van der Waals surface area contributed by atoms with Crippen molar-refractivity contribution in [2.45, 2.75) is 38.3 Å². The molecular weight excluding hydrogens is 429 g/mol. The van der Waals surface area contributed by atoms with E-state index in [0.717, 1.165) is 53.3 Å². The van der Waals surface area contributed by atoms with Crippen LogP contribution in [0.4, 0.5) is 4.39 Å². The monoisotopic (exact) mass is 453 g/mol. The number of fused-ring (bicyclic) bond motifs is 2. The van der Waals surface area contributed by atoms with Gasteiger partial charge in [-0.15, -0.1) is 0 Å². The number of benzene rings is 2. The standard InChI is InChI=1S/C27H24FN5O/c28-22-15-19(8-9-21(22)27(34)30-20-5-1-2-6-20)24-11-12-25-26(31-24)33(32-25)16-17-7-10-23-18(14-17)4-3-13-29-23/h3-4,7-15,20,32H,1-2,5-6,16H2,(H,30,34). The Morgan fingerprint density at radius 2 is 1.97 bits per heavy atom. The summed E-state index contributed by atoms with van der Waals surface area (Å²) in [6, 6.07) is 18.8. The van der Waals surface area contributed by atoms with Gasteiger partial charge in [0.1, 0.15) is 5.82 Å². The molecule has 0 atom stereocenters. The molecule has 0 bridgehead atoms. The van der Waals surface area contributed by atoms with Crippen LogP contribution in [0.1, 0.15) is 41.6 Å². The second-order valence-corrected chi connectivity index (χ2v) is 8.95. The molecule has 0 radical (unpaired) electrons. The minimum absolute atomic E-state index is 0.0775. The molecule has 6 nitrogen and oxygen atoms in total. The third-order valence-electron chi connectivity index (χ3n) is 6.59. The van der Waals surface area contributed by atoms with Gasteiger partial charge in [-0.05, 0) is 60.9 Å². The first kappa shape index (κ1) is 20.6. The fraction of sp³-hybridized carbons (Fsp3) is 0.222. The minimum atomic E-state index is -0.530. The van der Waals surface area contributed by atoms with E-state index in [1.807, 2.05) is 35.0 Å². The number of nitrogens with one attached hydrogen (secondary N) is 2. The second kappa shape index (κ2) is 8.41. The third-order valence-corrected chi connectivity index (χ3v) is 6.59. The van der Waals surface area contributed by atoms with E-state index < -0.39 is 5.82 Å². The zero-order valence-electron chi connectivity index (χ0n) is 18.6. The molecular formula is C27H24FN5O. The Bertz CT molecular complexity index is 1510. The topological polar surface area (TPSA) is 75.6 Å². The van der Waals surface area contributed by atoms with Gasteiger partial charge in [-0.25, -0.2) is 9.37 Å². The summed E-state index contributed by atoms with van der Waals surface area (Å²) >= 11 is 0. The van der Waals surface area contributed by atoms with E-state index in [-0.39, 0.29) is 17.5 Å². The summed E-state index contributed by atoms with van der Waals surface area (Å²) in [5.74, 6) is -0.876. The molecule has 5 aromatic rings. The number of hydrogen-bond acceptors (Lipinski definition) is 3. The highest BCUT2D eigenvalue weighted by molar-refractivity contribution is 5.95. The van der Waals surface area contributed by atoms with Crippen LogP contribution in [0.5, 0.6) is 0 Å². The number of pyridine rings is 2. The number of aromatic nitrogens is 4. The van der Waals surface area contributed by atoms with Gasteiger partial charge in [-0.2, -0.15) is 0 Å². The predicted molar refractivity (Wildman–Crippen MR) is 130 cm³/mol. The van der Waals surface area contributed by atoms with E-state index in [2.05, 4.69) is 27.5 Å². The lowest BCUT2D eigenvalue weighted by Crippen LogP contribution is -2.33. The smallest absolute Gasteiger partial charge is 0.254 e. The molecule has 34 heavy (non-hydrogen) atoms. The second-order valence-electron chi connectivity index (χ2n) is 8.95. The molecule has 3 heterocycles. The average molecular weight is 454 g/mol. The molecule has 1 aliphatic rings.